The van der Waals surface area contributed by atoms with E-state index in [1.165, 1.54) is 12.7 Å². The van der Waals surface area contributed by atoms with Crippen LogP contribution in [-0.2, 0) is 11.3 Å². The Morgan fingerprint density at radius 3 is 2.74 bits per heavy atom. The molecule has 0 atom stereocenters. The van der Waals surface area contributed by atoms with Crippen LogP contribution in [0.2, 0.25) is 0 Å². The highest BCUT2D eigenvalue weighted by Gasteiger charge is 2.23. The molecular weight excluding hydrogens is 296 g/mol. The summed E-state index contributed by atoms with van der Waals surface area (Å²) < 4.78 is 6.45. The second-order valence-electron chi connectivity index (χ2n) is 6.00. The summed E-state index contributed by atoms with van der Waals surface area (Å²) >= 11 is 0. The predicted molar refractivity (Wildman–Crippen MR) is 83.0 cm³/mol. The number of likely N-dealkylation sites (tertiary alicyclic amines) is 1. The van der Waals surface area contributed by atoms with E-state index in [-0.39, 0.29) is 11.7 Å². The first-order valence-corrected chi connectivity index (χ1v) is 7.81. The van der Waals surface area contributed by atoms with Gasteiger partial charge in [0.25, 0.3) is 0 Å². The fourth-order valence-corrected chi connectivity index (χ4v) is 3.03. The molecule has 2 aromatic rings. The van der Waals surface area contributed by atoms with E-state index < -0.39 is 5.97 Å². The lowest BCUT2D eigenvalue weighted by Gasteiger charge is -2.31. The standard InChI is InChI=1S/C15H22N6O2/c1-10-13(11(2)17-16-10)8-20-6-4-12(5-7-20)21-9-14(18-19-21)15(22)23-3/h9,12H,4-8H2,1-3H3,(H,16,17). The fourth-order valence-electron chi connectivity index (χ4n) is 3.03. The number of piperidine rings is 1. The maximum atomic E-state index is 11.4. The van der Waals surface area contributed by atoms with Crippen LogP contribution < -0.4 is 0 Å². The largest absolute Gasteiger partial charge is 0.464 e. The summed E-state index contributed by atoms with van der Waals surface area (Å²) in [6.45, 7) is 7.00. The number of H-pyrrole nitrogens is 1. The van der Waals surface area contributed by atoms with E-state index >= 15 is 0 Å². The van der Waals surface area contributed by atoms with Crippen molar-refractivity contribution in [1.82, 2.24) is 30.1 Å². The third-order valence-corrected chi connectivity index (χ3v) is 4.50. The van der Waals surface area contributed by atoms with Gasteiger partial charge in [0.05, 0.1) is 25.0 Å². The summed E-state index contributed by atoms with van der Waals surface area (Å²) in [5.74, 6) is -0.445. The Bertz CT molecular complexity index is 664. The molecule has 1 aliphatic rings. The number of hydrogen-bond donors (Lipinski definition) is 1. The van der Waals surface area contributed by atoms with E-state index in [9.17, 15) is 4.79 Å². The van der Waals surface area contributed by atoms with Crippen molar-refractivity contribution >= 4 is 5.97 Å². The third kappa shape index (κ3) is 3.26. The Kier molecular flexibility index (Phi) is 4.42. The topological polar surface area (TPSA) is 88.9 Å². The van der Waals surface area contributed by atoms with Gasteiger partial charge in [0.2, 0.25) is 0 Å². The Hall–Kier alpha value is -2.22. The molecule has 0 spiro atoms. The number of hydrogen-bond acceptors (Lipinski definition) is 6. The minimum absolute atomic E-state index is 0.263. The van der Waals surface area contributed by atoms with Crippen LogP contribution in [0, 0.1) is 13.8 Å². The summed E-state index contributed by atoms with van der Waals surface area (Å²) in [4.78, 5) is 13.9. The number of methoxy groups -OCH3 is 1. The molecule has 2 aromatic heterocycles. The van der Waals surface area contributed by atoms with Crippen LogP contribution in [0.3, 0.4) is 0 Å². The third-order valence-electron chi connectivity index (χ3n) is 4.50. The molecule has 0 saturated carbocycles. The smallest absolute Gasteiger partial charge is 0.360 e. The number of rotatable bonds is 4. The van der Waals surface area contributed by atoms with Crippen molar-refractivity contribution in [1.29, 1.82) is 0 Å². The molecule has 124 valence electrons. The van der Waals surface area contributed by atoms with Crippen LogP contribution in [0.1, 0.15) is 46.3 Å². The van der Waals surface area contributed by atoms with E-state index in [0.717, 1.165) is 43.9 Å². The average molecular weight is 318 g/mol. The van der Waals surface area contributed by atoms with E-state index in [2.05, 4.69) is 37.1 Å². The normalized spacial score (nSPS) is 16.7. The first-order chi connectivity index (χ1) is 11.1. The van der Waals surface area contributed by atoms with Crippen molar-refractivity contribution in [3.05, 3.63) is 28.8 Å². The van der Waals surface area contributed by atoms with Gasteiger partial charge in [0.15, 0.2) is 5.69 Å². The lowest BCUT2D eigenvalue weighted by molar-refractivity contribution is 0.0594. The van der Waals surface area contributed by atoms with Crippen molar-refractivity contribution in [3.8, 4) is 0 Å². The van der Waals surface area contributed by atoms with Gasteiger partial charge in [0.1, 0.15) is 0 Å². The minimum atomic E-state index is -0.445. The number of aromatic amines is 1. The van der Waals surface area contributed by atoms with Gasteiger partial charge in [-0.2, -0.15) is 5.10 Å². The second-order valence-corrected chi connectivity index (χ2v) is 6.00. The van der Waals surface area contributed by atoms with Crippen LogP contribution in [-0.4, -0.2) is 56.3 Å². The molecule has 1 aliphatic heterocycles. The zero-order valence-corrected chi connectivity index (χ0v) is 13.7. The highest BCUT2D eigenvalue weighted by molar-refractivity contribution is 5.86. The molecule has 0 radical (unpaired) electrons. The van der Waals surface area contributed by atoms with Gasteiger partial charge >= 0.3 is 5.97 Å². The second kappa shape index (κ2) is 6.49. The number of esters is 1. The van der Waals surface area contributed by atoms with Gasteiger partial charge in [-0.25, -0.2) is 9.48 Å². The zero-order valence-electron chi connectivity index (χ0n) is 13.7. The summed E-state index contributed by atoms with van der Waals surface area (Å²) in [7, 11) is 1.35. The zero-order chi connectivity index (χ0) is 16.4. The van der Waals surface area contributed by atoms with Crippen LogP contribution in [0.15, 0.2) is 6.20 Å². The molecule has 8 nitrogen and oxygen atoms in total. The number of carbonyl (C=O) groups excluding carboxylic acids is 1. The quantitative estimate of drug-likeness (QED) is 0.853. The Balaban J connectivity index is 1.58. The molecule has 0 bridgehead atoms. The monoisotopic (exact) mass is 318 g/mol. The molecular formula is C15H22N6O2. The first-order valence-electron chi connectivity index (χ1n) is 7.81. The van der Waals surface area contributed by atoms with Crippen molar-refractivity contribution in [2.45, 2.75) is 39.3 Å². The van der Waals surface area contributed by atoms with Crippen LogP contribution in [0.4, 0.5) is 0 Å². The van der Waals surface area contributed by atoms with Crippen LogP contribution in [0.25, 0.3) is 0 Å². The summed E-state index contributed by atoms with van der Waals surface area (Å²) in [5.41, 5.74) is 3.77. The number of nitrogens with zero attached hydrogens (tertiary/aromatic N) is 5. The van der Waals surface area contributed by atoms with E-state index in [1.807, 2.05) is 6.92 Å². The van der Waals surface area contributed by atoms with Crippen molar-refractivity contribution < 1.29 is 9.53 Å². The fraction of sp³-hybridized carbons (Fsp3) is 0.600. The van der Waals surface area contributed by atoms with E-state index in [4.69, 9.17) is 0 Å². The molecule has 0 unspecified atom stereocenters. The van der Waals surface area contributed by atoms with Crippen LogP contribution in [0.5, 0.6) is 0 Å². The molecule has 8 heteroatoms. The van der Waals surface area contributed by atoms with Crippen molar-refractivity contribution in [2.75, 3.05) is 20.2 Å². The highest BCUT2D eigenvalue weighted by Crippen LogP contribution is 2.24. The highest BCUT2D eigenvalue weighted by atomic mass is 16.5. The van der Waals surface area contributed by atoms with Crippen molar-refractivity contribution in [3.63, 3.8) is 0 Å². The summed E-state index contributed by atoms with van der Waals surface area (Å²) in [6, 6.07) is 0.281. The number of aryl methyl sites for hydroxylation is 2. The molecule has 0 amide bonds. The Labute approximate surface area is 134 Å². The van der Waals surface area contributed by atoms with E-state index in [0.29, 0.717) is 0 Å². The van der Waals surface area contributed by atoms with Gasteiger partial charge in [-0.05, 0) is 26.7 Å². The first kappa shape index (κ1) is 15.7. The molecule has 23 heavy (non-hydrogen) atoms. The number of carbonyl (C=O) groups is 1. The maximum absolute atomic E-state index is 11.4. The van der Waals surface area contributed by atoms with Gasteiger partial charge < -0.3 is 4.74 Å². The van der Waals surface area contributed by atoms with E-state index in [1.54, 1.807) is 10.9 Å². The van der Waals surface area contributed by atoms with Gasteiger partial charge in [-0.3, -0.25) is 10.00 Å². The minimum Gasteiger partial charge on any atom is -0.464 e. The van der Waals surface area contributed by atoms with Gasteiger partial charge in [-0.15, -0.1) is 5.10 Å². The number of ether oxygens (including phenoxy) is 1. The molecule has 0 aromatic carbocycles. The SMILES string of the molecule is COC(=O)c1cn(C2CCN(Cc3c(C)n[nH]c3C)CC2)nn1. The maximum Gasteiger partial charge on any atom is 0.360 e. The molecule has 3 heterocycles. The van der Waals surface area contributed by atoms with Crippen LogP contribution >= 0.6 is 0 Å². The Morgan fingerprint density at radius 1 is 1.39 bits per heavy atom. The molecule has 1 N–H and O–H groups in total. The Morgan fingerprint density at radius 2 is 2.13 bits per heavy atom. The predicted octanol–water partition coefficient (Wildman–Crippen LogP) is 1.24. The number of nitrogens with one attached hydrogen (secondary N) is 1. The van der Waals surface area contributed by atoms with Crippen molar-refractivity contribution in [2.24, 2.45) is 0 Å². The average Bonchev–Trinajstić information content (AvgIpc) is 3.17. The number of aromatic nitrogens is 5. The lowest BCUT2D eigenvalue weighted by atomic mass is 10.0. The molecule has 0 aliphatic carbocycles. The molecule has 3 rings (SSSR count). The summed E-state index contributed by atoms with van der Waals surface area (Å²) in [6.07, 6.45) is 3.65. The van der Waals surface area contributed by atoms with Gasteiger partial charge in [0, 0.05) is 30.9 Å². The summed E-state index contributed by atoms with van der Waals surface area (Å²) in [5, 5.41) is 15.2. The van der Waals surface area contributed by atoms with Gasteiger partial charge in [-0.1, -0.05) is 5.21 Å². The lowest BCUT2D eigenvalue weighted by Crippen LogP contribution is -2.34. The molecule has 1 saturated heterocycles. The molecule has 1 fully saturated rings.